The molecule has 2 aliphatic rings. The molecule has 2 aliphatic heterocycles. The van der Waals surface area contributed by atoms with Crippen LogP contribution in [0, 0.1) is 0 Å². The fraction of sp³-hybridized carbons (Fsp3) is 0.333. The van der Waals surface area contributed by atoms with Crippen molar-refractivity contribution >= 4 is 28.2 Å². The number of carbonyl (C=O) groups is 2. The summed E-state index contributed by atoms with van der Waals surface area (Å²) < 4.78 is 11.1. The molecule has 0 unspecified atom stereocenters. The highest BCUT2D eigenvalue weighted by atomic mass is 32.1. The summed E-state index contributed by atoms with van der Waals surface area (Å²) in [4.78, 5) is 28.5. The van der Waals surface area contributed by atoms with E-state index in [0.29, 0.717) is 23.7 Å². The maximum Gasteiger partial charge on any atom is 0.338 e. The number of furan rings is 1. The van der Waals surface area contributed by atoms with Crippen LogP contribution in [0.2, 0.25) is 0 Å². The molecule has 8 heteroatoms. The molecule has 3 aromatic rings. The molecule has 0 bridgehead atoms. The van der Waals surface area contributed by atoms with Crippen LogP contribution in [0.3, 0.4) is 0 Å². The van der Waals surface area contributed by atoms with Crippen molar-refractivity contribution in [3.05, 3.63) is 63.7 Å². The van der Waals surface area contributed by atoms with Crippen molar-refractivity contribution in [3.8, 4) is 11.3 Å². The number of fused-ring (bicyclic) bond motifs is 3. The number of rotatable bonds is 5. The third-order valence-electron chi connectivity index (χ3n) is 5.95. The normalized spacial score (nSPS) is 17.8. The molecule has 7 nitrogen and oxygen atoms in total. The number of anilines is 1. The standard InChI is InChI=1S/C24H25N3O4S/c1-3-27-12-11-16-19(13-27)32-23-20(16)22(28)25-21(26-23)18-10-9-17(31-18)14-5-7-15(8-6-14)24(29)30-4-2/h5-10,21,26H,3-4,11-13H2,1-2H3,(H,25,28)/t21-/m0/s1. The number of nitrogens with zero attached hydrogens (tertiary/aromatic N) is 1. The van der Waals surface area contributed by atoms with E-state index in [1.165, 1.54) is 10.4 Å². The maximum absolute atomic E-state index is 12.9. The van der Waals surface area contributed by atoms with E-state index in [2.05, 4.69) is 22.5 Å². The Bertz CT molecular complexity index is 1160. The first-order valence-corrected chi connectivity index (χ1v) is 11.7. The summed E-state index contributed by atoms with van der Waals surface area (Å²) in [5.74, 6) is 0.907. The molecule has 2 N–H and O–H groups in total. The average molecular weight is 452 g/mol. The van der Waals surface area contributed by atoms with Crippen LogP contribution in [0.1, 0.15) is 56.9 Å². The minimum atomic E-state index is -0.426. The summed E-state index contributed by atoms with van der Waals surface area (Å²) in [6.45, 7) is 7.19. The lowest BCUT2D eigenvalue weighted by atomic mass is 10.0. The zero-order chi connectivity index (χ0) is 22.2. The summed E-state index contributed by atoms with van der Waals surface area (Å²) in [6.07, 6.45) is 0.478. The second-order valence-electron chi connectivity index (χ2n) is 7.88. The van der Waals surface area contributed by atoms with Gasteiger partial charge >= 0.3 is 5.97 Å². The minimum absolute atomic E-state index is 0.0528. The van der Waals surface area contributed by atoms with Crippen LogP contribution in [-0.4, -0.2) is 36.5 Å². The van der Waals surface area contributed by atoms with E-state index >= 15 is 0 Å². The Labute approximate surface area is 190 Å². The van der Waals surface area contributed by atoms with Gasteiger partial charge in [-0.3, -0.25) is 9.69 Å². The summed E-state index contributed by atoms with van der Waals surface area (Å²) >= 11 is 1.67. The first-order valence-electron chi connectivity index (χ1n) is 10.9. The number of hydrogen-bond acceptors (Lipinski definition) is 7. The lowest BCUT2D eigenvalue weighted by Crippen LogP contribution is -2.38. The molecule has 32 heavy (non-hydrogen) atoms. The van der Waals surface area contributed by atoms with Crippen molar-refractivity contribution in [1.82, 2.24) is 10.2 Å². The predicted molar refractivity (Wildman–Crippen MR) is 123 cm³/mol. The Morgan fingerprint density at radius 3 is 2.75 bits per heavy atom. The molecule has 0 saturated carbocycles. The van der Waals surface area contributed by atoms with E-state index in [9.17, 15) is 9.59 Å². The van der Waals surface area contributed by atoms with E-state index in [1.807, 2.05) is 24.3 Å². The minimum Gasteiger partial charge on any atom is -0.462 e. The fourth-order valence-electron chi connectivity index (χ4n) is 4.23. The number of likely N-dealkylation sites (N-methyl/N-ethyl adjacent to an activating group) is 1. The monoisotopic (exact) mass is 451 g/mol. The molecule has 1 amide bonds. The molecule has 0 radical (unpaired) electrons. The summed E-state index contributed by atoms with van der Waals surface area (Å²) in [5.41, 5.74) is 3.32. The lowest BCUT2D eigenvalue weighted by Gasteiger charge is -2.27. The molecule has 2 aromatic heterocycles. The summed E-state index contributed by atoms with van der Waals surface area (Å²) in [5, 5.41) is 7.41. The van der Waals surface area contributed by atoms with Crippen LogP contribution >= 0.6 is 11.3 Å². The summed E-state index contributed by atoms with van der Waals surface area (Å²) in [7, 11) is 0. The molecule has 5 rings (SSSR count). The molecule has 4 heterocycles. The molecule has 166 valence electrons. The number of esters is 1. The molecular formula is C24H25N3O4S. The van der Waals surface area contributed by atoms with Crippen molar-refractivity contribution in [1.29, 1.82) is 0 Å². The SMILES string of the molecule is CCOC(=O)c1ccc(-c2ccc([C@H]3NC(=O)c4c(sc5c4CCN(CC)C5)N3)o2)cc1. The molecular weight excluding hydrogens is 426 g/mol. The van der Waals surface area contributed by atoms with Gasteiger partial charge < -0.3 is 19.8 Å². The van der Waals surface area contributed by atoms with Crippen LogP contribution in [0.15, 0.2) is 40.8 Å². The second-order valence-corrected chi connectivity index (χ2v) is 8.98. The van der Waals surface area contributed by atoms with Gasteiger partial charge in [-0.15, -0.1) is 11.3 Å². The zero-order valence-corrected chi connectivity index (χ0v) is 18.9. The van der Waals surface area contributed by atoms with Gasteiger partial charge in [0.15, 0.2) is 6.17 Å². The topological polar surface area (TPSA) is 83.8 Å². The van der Waals surface area contributed by atoms with Crippen LogP contribution in [0.5, 0.6) is 0 Å². The Balaban J connectivity index is 1.35. The second kappa shape index (κ2) is 8.44. The number of ether oxygens (including phenoxy) is 1. The van der Waals surface area contributed by atoms with Gasteiger partial charge in [0, 0.05) is 23.5 Å². The Morgan fingerprint density at radius 2 is 2.00 bits per heavy atom. The van der Waals surface area contributed by atoms with E-state index in [1.54, 1.807) is 30.4 Å². The smallest absolute Gasteiger partial charge is 0.338 e. The van der Waals surface area contributed by atoms with Crippen LogP contribution in [0.25, 0.3) is 11.3 Å². The van der Waals surface area contributed by atoms with Crippen molar-refractivity contribution < 1.29 is 18.7 Å². The van der Waals surface area contributed by atoms with Crippen LogP contribution in [-0.2, 0) is 17.7 Å². The van der Waals surface area contributed by atoms with Crippen molar-refractivity contribution in [2.75, 3.05) is 25.0 Å². The quantitative estimate of drug-likeness (QED) is 0.559. The Kier molecular flexibility index (Phi) is 5.48. The first kappa shape index (κ1) is 20.8. The predicted octanol–water partition coefficient (Wildman–Crippen LogP) is 4.42. The third kappa shape index (κ3) is 3.69. The highest BCUT2D eigenvalue weighted by Gasteiger charge is 2.34. The lowest BCUT2D eigenvalue weighted by molar-refractivity contribution is 0.0526. The average Bonchev–Trinajstić information content (AvgIpc) is 3.44. The Morgan fingerprint density at radius 1 is 1.19 bits per heavy atom. The van der Waals surface area contributed by atoms with E-state index in [4.69, 9.17) is 9.15 Å². The van der Waals surface area contributed by atoms with Gasteiger partial charge in [0.25, 0.3) is 5.91 Å². The van der Waals surface area contributed by atoms with E-state index in [-0.39, 0.29) is 11.9 Å². The Hall–Kier alpha value is -3.10. The van der Waals surface area contributed by atoms with Crippen LogP contribution < -0.4 is 10.6 Å². The third-order valence-corrected chi connectivity index (χ3v) is 7.10. The van der Waals surface area contributed by atoms with Gasteiger partial charge in [0.2, 0.25) is 0 Å². The van der Waals surface area contributed by atoms with Crippen molar-refractivity contribution in [2.45, 2.75) is 33.0 Å². The molecule has 0 aliphatic carbocycles. The highest BCUT2D eigenvalue weighted by Crippen LogP contribution is 2.41. The van der Waals surface area contributed by atoms with Gasteiger partial charge in [0.1, 0.15) is 16.5 Å². The van der Waals surface area contributed by atoms with Gasteiger partial charge in [-0.2, -0.15) is 0 Å². The first-order chi connectivity index (χ1) is 15.6. The van der Waals surface area contributed by atoms with Crippen LogP contribution in [0.4, 0.5) is 5.00 Å². The number of benzene rings is 1. The molecule has 0 spiro atoms. The largest absolute Gasteiger partial charge is 0.462 e. The highest BCUT2D eigenvalue weighted by molar-refractivity contribution is 7.16. The number of nitrogens with one attached hydrogen (secondary N) is 2. The number of thiophene rings is 1. The van der Waals surface area contributed by atoms with Gasteiger partial charge in [-0.05, 0) is 49.7 Å². The summed E-state index contributed by atoms with van der Waals surface area (Å²) in [6, 6.07) is 10.8. The molecule has 1 aromatic carbocycles. The van der Waals surface area contributed by atoms with Gasteiger partial charge in [-0.1, -0.05) is 19.1 Å². The van der Waals surface area contributed by atoms with Crippen molar-refractivity contribution in [3.63, 3.8) is 0 Å². The van der Waals surface area contributed by atoms with Gasteiger partial charge in [-0.25, -0.2) is 4.79 Å². The van der Waals surface area contributed by atoms with Gasteiger partial charge in [0.05, 0.1) is 17.7 Å². The molecule has 1 atom stereocenters. The zero-order valence-electron chi connectivity index (χ0n) is 18.1. The maximum atomic E-state index is 12.9. The van der Waals surface area contributed by atoms with E-state index < -0.39 is 6.17 Å². The van der Waals surface area contributed by atoms with Crippen molar-refractivity contribution in [2.24, 2.45) is 0 Å². The molecule has 0 saturated heterocycles. The number of amides is 1. The number of hydrogen-bond donors (Lipinski definition) is 2. The number of carbonyl (C=O) groups excluding carboxylic acids is 2. The van der Waals surface area contributed by atoms with E-state index in [0.717, 1.165) is 42.2 Å². The molecule has 0 fully saturated rings. The fourth-order valence-corrected chi connectivity index (χ4v) is 5.54.